The van der Waals surface area contributed by atoms with E-state index in [1.54, 1.807) is 90.9 Å². The van der Waals surface area contributed by atoms with Crippen LogP contribution in [0.15, 0.2) is 219 Å². The van der Waals surface area contributed by atoms with Gasteiger partial charge in [0.2, 0.25) is 0 Å². The van der Waals surface area contributed by atoms with Crippen LogP contribution in [0.3, 0.4) is 0 Å². The summed E-state index contributed by atoms with van der Waals surface area (Å²) in [5.74, 6) is 17.9. The molecular formula is C83H90Cl2IN17O4Si. The maximum atomic E-state index is 11.7. The minimum atomic E-state index is -1.28. The van der Waals surface area contributed by atoms with Crippen LogP contribution in [0.2, 0.25) is 29.9 Å². The monoisotopic (exact) mass is 1610 g/mol. The first-order chi connectivity index (χ1) is 52.1. The van der Waals surface area contributed by atoms with Gasteiger partial charge in [0.1, 0.15) is 18.4 Å². The average Bonchev–Trinajstić information content (AvgIpc) is 0.815. The first kappa shape index (κ1) is 81.2. The smallest absolute Gasteiger partial charge is 0.278 e. The second-order valence-electron chi connectivity index (χ2n) is 26.9. The van der Waals surface area contributed by atoms with Gasteiger partial charge in [-0.25, -0.2) is 21.7 Å². The molecule has 13 rings (SSSR count). The summed E-state index contributed by atoms with van der Waals surface area (Å²) in [5, 5.41) is 27.3. The number of pyridine rings is 5. The maximum Gasteiger partial charge on any atom is 0.278 e. The number of nitrogens with zero attached hydrogens (tertiary/aromatic N) is 12. The molecule has 3 fully saturated rings. The van der Waals surface area contributed by atoms with Crippen molar-refractivity contribution in [3.8, 4) is 57.6 Å². The van der Waals surface area contributed by atoms with E-state index < -0.39 is 8.07 Å². The predicted molar refractivity (Wildman–Crippen MR) is 451 cm³/mol. The van der Waals surface area contributed by atoms with Crippen LogP contribution >= 0.6 is 45.8 Å². The highest BCUT2D eigenvalue weighted by Crippen LogP contribution is 2.37. The molecule has 0 aliphatic carbocycles. The van der Waals surface area contributed by atoms with E-state index in [-0.39, 0.29) is 21.2 Å². The van der Waals surface area contributed by atoms with E-state index in [4.69, 9.17) is 58.5 Å². The molecule has 3 aliphatic heterocycles. The minimum absolute atomic E-state index is 0.0208. The van der Waals surface area contributed by atoms with Gasteiger partial charge >= 0.3 is 0 Å². The number of benzene rings is 5. The summed E-state index contributed by atoms with van der Waals surface area (Å²) in [6, 6.07) is 54.7. The van der Waals surface area contributed by atoms with E-state index in [9.17, 15) is 20.2 Å². The molecule has 10 aromatic rings. The van der Waals surface area contributed by atoms with Gasteiger partial charge in [-0.3, -0.25) is 35.2 Å². The Kier molecular flexibility index (Phi) is 30.6. The molecular weight excluding hydrogens is 1520 g/mol. The number of nitro groups is 2. The third kappa shape index (κ3) is 25.4. The summed E-state index contributed by atoms with van der Waals surface area (Å²) in [6.45, 7) is 13.7. The minimum Gasteiger partial charge on any atom is -0.398 e. The van der Waals surface area contributed by atoms with Crippen LogP contribution in [-0.2, 0) is 13.1 Å². The third-order valence-corrected chi connectivity index (χ3v) is 19.5. The lowest BCUT2D eigenvalue weighted by Crippen LogP contribution is -2.29. The van der Waals surface area contributed by atoms with Crippen molar-refractivity contribution in [1.82, 2.24) is 34.9 Å². The third-order valence-electron chi connectivity index (χ3n) is 17.5. The number of hydrazine groups is 2. The molecule has 21 nitrogen and oxygen atoms in total. The number of piperidine rings is 3. The molecule has 5 aromatic carbocycles. The molecule has 0 unspecified atom stereocenters. The molecule has 0 spiro atoms. The van der Waals surface area contributed by atoms with Crippen LogP contribution in [0.25, 0.3) is 45.2 Å². The molecule has 8 heterocycles. The van der Waals surface area contributed by atoms with Crippen LogP contribution in [-0.4, -0.2) is 92.1 Å². The molecule has 108 heavy (non-hydrogen) atoms. The van der Waals surface area contributed by atoms with Crippen molar-refractivity contribution < 1.29 is 9.85 Å². The number of nitrogens with two attached hydrogens (primary N) is 5. The van der Waals surface area contributed by atoms with E-state index in [1.807, 2.05) is 121 Å². The zero-order valence-electron chi connectivity index (χ0n) is 60.9. The van der Waals surface area contributed by atoms with Crippen LogP contribution in [0.4, 0.5) is 34.1 Å². The fourth-order valence-electron chi connectivity index (χ4n) is 12.1. The Labute approximate surface area is 657 Å². The zero-order chi connectivity index (χ0) is 77.0. The highest BCUT2D eigenvalue weighted by molar-refractivity contribution is 14.1. The molecule has 0 radical (unpaired) electrons. The van der Waals surface area contributed by atoms with E-state index in [0.29, 0.717) is 74.1 Å². The summed E-state index contributed by atoms with van der Waals surface area (Å²) >= 11 is 13.4. The Morgan fingerprint density at radius 3 is 1.31 bits per heavy atom. The van der Waals surface area contributed by atoms with Crippen molar-refractivity contribution in [3.63, 3.8) is 0 Å². The van der Waals surface area contributed by atoms with Crippen molar-refractivity contribution in [3.05, 3.63) is 287 Å². The van der Waals surface area contributed by atoms with Gasteiger partial charge in [-0.2, -0.15) is 0 Å². The van der Waals surface area contributed by atoms with Gasteiger partial charge in [0.05, 0.1) is 62.5 Å². The fraction of sp³-hybridized carbons (Fsp3) is 0.241. The van der Waals surface area contributed by atoms with Gasteiger partial charge in [0, 0.05) is 149 Å². The molecule has 556 valence electrons. The molecule has 0 atom stereocenters. The van der Waals surface area contributed by atoms with Crippen molar-refractivity contribution in [1.29, 1.82) is 0 Å². The number of hydrogen-bond acceptors (Lipinski definition) is 19. The highest BCUT2D eigenvalue weighted by atomic mass is 127. The van der Waals surface area contributed by atoms with E-state index in [1.165, 1.54) is 42.8 Å². The van der Waals surface area contributed by atoms with Gasteiger partial charge < -0.3 is 41.9 Å². The number of anilines is 4. The van der Waals surface area contributed by atoms with Crippen molar-refractivity contribution in [2.75, 3.05) is 59.7 Å². The van der Waals surface area contributed by atoms with E-state index >= 15 is 0 Å². The van der Waals surface area contributed by atoms with Gasteiger partial charge in [0.15, 0.2) is 0 Å². The van der Waals surface area contributed by atoms with E-state index in [2.05, 4.69) is 111 Å². The second-order valence-corrected chi connectivity index (χ2v) is 33.7. The summed E-state index contributed by atoms with van der Waals surface area (Å²) in [7, 11) is -1.28. The summed E-state index contributed by atoms with van der Waals surface area (Å²) in [6.07, 6.45) is 27.9. The Morgan fingerprint density at radius 1 is 0.509 bits per heavy atom. The second kappa shape index (κ2) is 40.7. The Hall–Kier alpha value is -10.9. The fourth-order valence-corrected chi connectivity index (χ4v) is 13.6. The van der Waals surface area contributed by atoms with Gasteiger partial charge in [-0.1, -0.05) is 115 Å². The SMILES string of the molecule is C#Cc1ccnc(-c2cc(N3CCCCC3)ccc2[N+](=O)[O-])c1.C[Si](C)(C)C#Cc1ccnc(Cl)c1.Clc1cc(I)ccn1.N/C(=C\N(N)Cc1ccccc1)c1ccnc(-c2cc(N3CCCCC3)ccc2N)c1.N/C(=C\N(N)Cc1ccccc1)c1ccnc(-c2cc(N3CCCCC3)ccc2[N+](=O)[O-])c1. The van der Waals surface area contributed by atoms with Gasteiger partial charge in [-0.05, 0) is 195 Å². The normalized spacial score (nSPS) is 13.5. The first-order valence-electron chi connectivity index (χ1n) is 35.6. The molecule has 3 saturated heterocycles. The largest absolute Gasteiger partial charge is 0.398 e. The van der Waals surface area contributed by atoms with Crippen molar-refractivity contribution >= 4 is 99.4 Å². The Morgan fingerprint density at radius 2 is 0.898 bits per heavy atom. The lowest BCUT2D eigenvalue weighted by Gasteiger charge is -2.29. The van der Waals surface area contributed by atoms with Crippen LogP contribution in [0.1, 0.15) is 91.2 Å². The summed E-state index contributed by atoms with van der Waals surface area (Å²) < 4.78 is 1.11. The molecule has 10 N–H and O–H groups in total. The van der Waals surface area contributed by atoms with Gasteiger partial charge in [-0.15, -0.1) is 12.0 Å². The lowest BCUT2D eigenvalue weighted by molar-refractivity contribution is -0.384. The molecule has 0 saturated carbocycles. The van der Waals surface area contributed by atoms with Crippen LogP contribution in [0, 0.1) is 47.6 Å². The highest BCUT2D eigenvalue weighted by Gasteiger charge is 2.23. The molecule has 25 heteroatoms. The van der Waals surface area contributed by atoms with Crippen LogP contribution < -0.4 is 43.6 Å². The number of rotatable bonds is 16. The molecule has 0 bridgehead atoms. The number of hydrogen-bond donors (Lipinski definition) is 5. The maximum absolute atomic E-state index is 11.7. The van der Waals surface area contributed by atoms with Crippen LogP contribution in [0.5, 0.6) is 0 Å². The summed E-state index contributed by atoms with van der Waals surface area (Å²) in [5.41, 5.74) is 36.3. The van der Waals surface area contributed by atoms with Crippen molar-refractivity contribution in [2.24, 2.45) is 23.2 Å². The quantitative estimate of drug-likeness (QED) is 0.00877. The van der Waals surface area contributed by atoms with E-state index in [0.717, 1.165) is 113 Å². The Balaban J connectivity index is 0.000000166. The lowest BCUT2D eigenvalue weighted by atomic mass is 10.0. The zero-order valence-corrected chi connectivity index (χ0v) is 65.6. The van der Waals surface area contributed by atoms with Crippen molar-refractivity contribution in [2.45, 2.75) is 90.5 Å². The predicted octanol–water partition coefficient (Wildman–Crippen LogP) is 17.2. The molecule has 5 aromatic heterocycles. The average molecular weight is 1620 g/mol. The first-order valence-corrected chi connectivity index (χ1v) is 40.9. The number of nitro benzene ring substituents is 2. The number of halogens is 3. The topological polar surface area (TPSA) is 297 Å². The molecule has 3 aliphatic rings. The standard InChI is InChI=1S/C25H28N6O2.C25H30N6.C18H17N3O2.C10H12ClNSi.C5H3ClIN/c26-23(18-30(27)17-19-7-3-1-4-8-19)20-11-12-28-24(15-20)22-16-21(9-10-25(22)31(32)33)29-13-5-2-6-14-29;26-23-10-9-21(30-13-5-2-6-14-30)16-22(23)25-15-20(11-12-29-25)24(27)18-31(28)17-19-7-3-1-4-8-19;1-2-14-8-9-19-17(12-14)16-13-15(6-7-18(16)21(22)23)20-10-4-3-5-11-20;1-13(2,3)7-5-9-4-6-12-10(11)8-9;6-5-3-4(7)1-2-8-5/h1,3-4,7-12,15-16,18H,2,5-6,13-14,17,26-27H2;1,3-4,7-12,15-16,18H,2,5-6,13-14,17,26-28H2;1,6-9,12-13H,3-5,10-11H2;4,6,8H,1-3H3;1-3H/b23-18-;24-18-;;;. The molecule has 0 amide bonds. The van der Waals surface area contributed by atoms with Gasteiger partial charge in [0.25, 0.3) is 11.4 Å². The number of nitrogen functional groups attached to an aromatic ring is 1. The number of terminal acetylenes is 1. The Bertz CT molecular complexity index is 4810. The number of aromatic nitrogens is 5. The summed E-state index contributed by atoms with van der Waals surface area (Å²) in [4.78, 5) is 50.2.